The number of benzene rings is 1. The van der Waals surface area contributed by atoms with Gasteiger partial charge in [-0.05, 0) is 43.9 Å². The maximum Gasteiger partial charge on any atom is 0.306 e. The smallest absolute Gasteiger partial charge is 0.306 e. The minimum atomic E-state index is -0.716. The normalized spacial score (nSPS) is 21.8. The second-order valence-corrected chi connectivity index (χ2v) is 5.76. The molecule has 2 rings (SSSR count). The van der Waals surface area contributed by atoms with Crippen LogP contribution in [-0.2, 0) is 9.59 Å². The van der Waals surface area contributed by atoms with Gasteiger partial charge in [-0.1, -0.05) is 17.7 Å². The number of anilines is 1. The quantitative estimate of drug-likeness (QED) is 0.781. The van der Waals surface area contributed by atoms with Gasteiger partial charge < -0.3 is 15.7 Å². The Bertz CT molecular complexity index is 513. The standard InChI is InChI=1S/C15H19ClN2O3/c16-11-2-1-3-13(8-11)18-14(19)9-17-12-6-4-10(5-7-12)15(20)21/h1-3,8,10,12,17H,4-7,9H2,(H,18,19)(H,20,21). The molecule has 1 amide bonds. The number of halogens is 1. The van der Waals surface area contributed by atoms with Gasteiger partial charge in [0, 0.05) is 16.8 Å². The van der Waals surface area contributed by atoms with E-state index >= 15 is 0 Å². The van der Waals surface area contributed by atoms with E-state index in [-0.39, 0.29) is 24.4 Å². The van der Waals surface area contributed by atoms with E-state index in [9.17, 15) is 9.59 Å². The first-order valence-electron chi connectivity index (χ1n) is 7.06. The predicted octanol–water partition coefficient (Wildman–Crippen LogP) is 2.51. The number of carboxylic acids is 1. The second-order valence-electron chi connectivity index (χ2n) is 5.33. The highest BCUT2D eigenvalue weighted by atomic mass is 35.5. The minimum Gasteiger partial charge on any atom is -0.481 e. The Balaban J connectivity index is 1.71. The largest absolute Gasteiger partial charge is 0.481 e. The third kappa shape index (κ3) is 5.02. The Morgan fingerprint density at radius 1 is 1.24 bits per heavy atom. The molecule has 0 radical (unpaired) electrons. The van der Waals surface area contributed by atoms with Crippen LogP contribution in [-0.4, -0.2) is 29.6 Å². The maximum atomic E-state index is 11.8. The molecule has 1 aromatic rings. The number of nitrogens with one attached hydrogen (secondary N) is 2. The number of rotatable bonds is 5. The van der Waals surface area contributed by atoms with Crippen LogP contribution >= 0.6 is 11.6 Å². The Hall–Kier alpha value is -1.59. The summed E-state index contributed by atoms with van der Waals surface area (Å²) in [4.78, 5) is 22.7. The van der Waals surface area contributed by atoms with Crippen LogP contribution in [0.1, 0.15) is 25.7 Å². The summed E-state index contributed by atoms with van der Waals surface area (Å²) in [5.74, 6) is -1.08. The summed E-state index contributed by atoms with van der Waals surface area (Å²) >= 11 is 5.85. The van der Waals surface area contributed by atoms with Crippen LogP contribution in [0.3, 0.4) is 0 Å². The second kappa shape index (κ2) is 7.43. The average Bonchev–Trinajstić information content (AvgIpc) is 2.45. The van der Waals surface area contributed by atoms with Crippen LogP contribution < -0.4 is 10.6 Å². The third-order valence-electron chi connectivity index (χ3n) is 3.74. The lowest BCUT2D eigenvalue weighted by Gasteiger charge is -2.26. The number of carbonyl (C=O) groups excluding carboxylic acids is 1. The van der Waals surface area contributed by atoms with Crippen molar-refractivity contribution in [3.8, 4) is 0 Å². The highest BCUT2D eigenvalue weighted by Gasteiger charge is 2.25. The van der Waals surface area contributed by atoms with E-state index in [4.69, 9.17) is 16.7 Å². The lowest BCUT2D eigenvalue weighted by Crippen LogP contribution is -2.39. The highest BCUT2D eigenvalue weighted by molar-refractivity contribution is 6.30. The van der Waals surface area contributed by atoms with E-state index in [0.29, 0.717) is 23.6 Å². The van der Waals surface area contributed by atoms with E-state index in [2.05, 4.69) is 10.6 Å². The van der Waals surface area contributed by atoms with E-state index < -0.39 is 5.97 Å². The van der Waals surface area contributed by atoms with E-state index in [1.54, 1.807) is 24.3 Å². The van der Waals surface area contributed by atoms with Crippen LogP contribution in [0.15, 0.2) is 24.3 Å². The molecule has 1 saturated carbocycles. The first kappa shape index (κ1) is 15.8. The van der Waals surface area contributed by atoms with Crippen molar-refractivity contribution in [3.05, 3.63) is 29.3 Å². The molecule has 1 aliphatic rings. The van der Waals surface area contributed by atoms with Crippen LogP contribution in [0.5, 0.6) is 0 Å². The highest BCUT2D eigenvalue weighted by Crippen LogP contribution is 2.24. The molecule has 0 bridgehead atoms. The van der Waals surface area contributed by atoms with Gasteiger partial charge in [0.25, 0.3) is 0 Å². The van der Waals surface area contributed by atoms with E-state index in [1.165, 1.54) is 0 Å². The van der Waals surface area contributed by atoms with Gasteiger partial charge in [-0.25, -0.2) is 0 Å². The lowest BCUT2D eigenvalue weighted by atomic mass is 9.86. The van der Waals surface area contributed by atoms with Gasteiger partial charge in [-0.2, -0.15) is 0 Å². The summed E-state index contributed by atoms with van der Waals surface area (Å²) in [6.07, 6.45) is 2.93. The van der Waals surface area contributed by atoms with Crippen LogP contribution in [0.4, 0.5) is 5.69 Å². The zero-order valence-corrected chi connectivity index (χ0v) is 12.4. The number of amides is 1. The number of aliphatic carboxylic acids is 1. The topological polar surface area (TPSA) is 78.4 Å². The molecule has 1 fully saturated rings. The molecule has 1 aliphatic carbocycles. The van der Waals surface area contributed by atoms with Crippen LogP contribution in [0, 0.1) is 5.92 Å². The summed E-state index contributed by atoms with van der Waals surface area (Å²) in [5.41, 5.74) is 0.670. The first-order chi connectivity index (χ1) is 10.0. The van der Waals surface area contributed by atoms with Crippen molar-refractivity contribution in [2.75, 3.05) is 11.9 Å². The summed E-state index contributed by atoms with van der Waals surface area (Å²) < 4.78 is 0. The van der Waals surface area contributed by atoms with Crippen molar-refractivity contribution in [2.24, 2.45) is 5.92 Å². The Morgan fingerprint density at radius 3 is 2.57 bits per heavy atom. The fourth-order valence-corrected chi connectivity index (χ4v) is 2.74. The Labute approximate surface area is 128 Å². The monoisotopic (exact) mass is 310 g/mol. The molecule has 0 unspecified atom stereocenters. The summed E-state index contributed by atoms with van der Waals surface area (Å²) in [5, 5.41) is 15.5. The predicted molar refractivity (Wildman–Crippen MR) is 81.5 cm³/mol. The van der Waals surface area contributed by atoms with E-state index in [1.807, 2.05) is 0 Å². The molecule has 1 aromatic carbocycles. The zero-order chi connectivity index (χ0) is 15.2. The molecular formula is C15H19ClN2O3. The third-order valence-corrected chi connectivity index (χ3v) is 3.97. The molecule has 0 aromatic heterocycles. The van der Waals surface area contributed by atoms with Crippen molar-refractivity contribution in [1.82, 2.24) is 5.32 Å². The fourth-order valence-electron chi connectivity index (χ4n) is 2.55. The SMILES string of the molecule is O=C(CNC1CCC(C(=O)O)CC1)Nc1cccc(Cl)c1. The van der Waals surface area contributed by atoms with Crippen molar-refractivity contribution >= 4 is 29.2 Å². The molecule has 0 spiro atoms. The van der Waals surface area contributed by atoms with Gasteiger partial charge >= 0.3 is 5.97 Å². The lowest BCUT2D eigenvalue weighted by molar-refractivity contribution is -0.143. The van der Waals surface area contributed by atoms with Gasteiger partial charge in [0.2, 0.25) is 5.91 Å². The van der Waals surface area contributed by atoms with Gasteiger partial charge in [0.05, 0.1) is 12.5 Å². The van der Waals surface area contributed by atoms with Gasteiger partial charge in [-0.3, -0.25) is 9.59 Å². The van der Waals surface area contributed by atoms with Gasteiger partial charge in [0.1, 0.15) is 0 Å². The van der Waals surface area contributed by atoms with Crippen molar-refractivity contribution < 1.29 is 14.7 Å². The van der Waals surface area contributed by atoms with Crippen LogP contribution in [0.25, 0.3) is 0 Å². The first-order valence-corrected chi connectivity index (χ1v) is 7.44. The Morgan fingerprint density at radius 2 is 1.95 bits per heavy atom. The van der Waals surface area contributed by atoms with Gasteiger partial charge in [0.15, 0.2) is 0 Å². The molecule has 3 N–H and O–H groups in total. The molecule has 114 valence electrons. The molecule has 0 atom stereocenters. The van der Waals surface area contributed by atoms with Crippen LogP contribution in [0.2, 0.25) is 5.02 Å². The Kier molecular flexibility index (Phi) is 5.59. The summed E-state index contributed by atoms with van der Waals surface area (Å²) in [6, 6.07) is 7.21. The molecule has 0 heterocycles. The molecule has 0 saturated heterocycles. The fraction of sp³-hybridized carbons (Fsp3) is 0.467. The summed E-state index contributed by atoms with van der Waals surface area (Å²) in [7, 11) is 0. The number of carbonyl (C=O) groups is 2. The molecule has 5 nitrogen and oxygen atoms in total. The number of hydrogen-bond acceptors (Lipinski definition) is 3. The molecule has 0 aliphatic heterocycles. The number of hydrogen-bond donors (Lipinski definition) is 3. The van der Waals surface area contributed by atoms with Gasteiger partial charge in [-0.15, -0.1) is 0 Å². The van der Waals surface area contributed by atoms with Crippen molar-refractivity contribution in [2.45, 2.75) is 31.7 Å². The van der Waals surface area contributed by atoms with Crippen molar-refractivity contribution in [1.29, 1.82) is 0 Å². The molecule has 21 heavy (non-hydrogen) atoms. The van der Waals surface area contributed by atoms with Crippen molar-refractivity contribution in [3.63, 3.8) is 0 Å². The average molecular weight is 311 g/mol. The zero-order valence-electron chi connectivity index (χ0n) is 11.6. The summed E-state index contributed by atoms with van der Waals surface area (Å²) in [6.45, 7) is 0.217. The minimum absolute atomic E-state index is 0.127. The number of carboxylic acid groups (broad SMARTS) is 1. The van der Waals surface area contributed by atoms with E-state index in [0.717, 1.165) is 12.8 Å². The molecular weight excluding hydrogens is 292 g/mol. The maximum absolute atomic E-state index is 11.8. The molecule has 6 heteroatoms.